The lowest BCUT2D eigenvalue weighted by Crippen LogP contribution is -2.37. The van der Waals surface area contributed by atoms with Crippen LogP contribution in [0, 0.1) is 0 Å². The molecular weight excluding hydrogens is 340 g/mol. The summed E-state index contributed by atoms with van der Waals surface area (Å²) in [4.78, 5) is 14.9. The van der Waals surface area contributed by atoms with Crippen LogP contribution in [0.15, 0.2) is 54.6 Å². The molecule has 27 heavy (non-hydrogen) atoms. The predicted molar refractivity (Wildman–Crippen MR) is 106 cm³/mol. The van der Waals surface area contributed by atoms with E-state index in [0.29, 0.717) is 18.7 Å². The van der Waals surface area contributed by atoms with Crippen LogP contribution < -0.4 is 10.1 Å². The number of nitrogens with zero attached hydrogens (tertiary/aromatic N) is 1. The van der Waals surface area contributed by atoms with E-state index in [1.807, 2.05) is 43.3 Å². The minimum atomic E-state index is -0.482. The van der Waals surface area contributed by atoms with Crippen LogP contribution in [-0.2, 0) is 22.6 Å². The number of rotatable bonds is 8. The second-order valence-electron chi connectivity index (χ2n) is 6.75. The van der Waals surface area contributed by atoms with Gasteiger partial charge in [-0.2, -0.15) is 0 Å². The number of nitrogens with one attached hydrogen (secondary N) is 1. The Morgan fingerprint density at radius 1 is 1.11 bits per heavy atom. The summed E-state index contributed by atoms with van der Waals surface area (Å²) in [5.41, 5.74) is 2.36. The van der Waals surface area contributed by atoms with Crippen LogP contribution >= 0.6 is 0 Å². The van der Waals surface area contributed by atoms with Gasteiger partial charge in [-0.3, -0.25) is 9.69 Å². The third-order valence-electron chi connectivity index (χ3n) is 4.65. The molecule has 1 unspecified atom stereocenters. The molecule has 5 heteroatoms. The minimum absolute atomic E-state index is 0.0834. The molecule has 0 aromatic heterocycles. The van der Waals surface area contributed by atoms with Gasteiger partial charge in [0.1, 0.15) is 5.75 Å². The number of carbonyl (C=O) groups is 1. The van der Waals surface area contributed by atoms with Crippen LogP contribution in [0.3, 0.4) is 0 Å². The second-order valence-corrected chi connectivity index (χ2v) is 6.75. The maximum atomic E-state index is 12.5. The third-order valence-corrected chi connectivity index (χ3v) is 4.65. The lowest BCUT2D eigenvalue weighted by atomic mass is 10.1. The van der Waals surface area contributed by atoms with E-state index in [9.17, 15) is 4.79 Å². The van der Waals surface area contributed by atoms with Gasteiger partial charge in [-0.15, -0.1) is 0 Å². The molecule has 1 aliphatic heterocycles. The van der Waals surface area contributed by atoms with Gasteiger partial charge >= 0.3 is 0 Å². The highest BCUT2D eigenvalue weighted by molar-refractivity contribution is 5.81. The van der Waals surface area contributed by atoms with E-state index in [1.54, 1.807) is 0 Å². The Hall–Kier alpha value is -2.37. The smallest absolute Gasteiger partial charge is 0.261 e. The maximum Gasteiger partial charge on any atom is 0.261 e. The highest BCUT2D eigenvalue weighted by Crippen LogP contribution is 2.13. The van der Waals surface area contributed by atoms with Crippen molar-refractivity contribution in [2.24, 2.45) is 0 Å². The average Bonchev–Trinajstić information content (AvgIpc) is 2.72. The van der Waals surface area contributed by atoms with Gasteiger partial charge in [-0.1, -0.05) is 49.4 Å². The fourth-order valence-electron chi connectivity index (χ4n) is 3.14. The summed E-state index contributed by atoms with van der Waals surface area (Å²) in [6, 6.07) is 17.9. The molecule has 1 N–H and O–H groups in total. The standard InChI is InChI=1S/C22H28N2O3/c1-2-21(27-20-9-4-3-5-10-20)22(25)23-16-18-7-6-8-19(15-18)17-24-11-13-26-14-12-24/h3-10,15,21H,2,11-14,16-17H2,1H3,(H,23,25). The lowest BCUT2D eigenvalue weighted by molar-refractivity contribution is -0.128. The highest BCUT2D eigenvalue weighted by atomic mass is 16.5. The molecule has 2 aromatic rings. The summed E-state index contributed by atoms with van der Waals surface area (Å²) in [5.74, 6) is 0.631. The van der Waals surface area contributed by atoms with Crippen LogP contribution in [0.5, 0.6) is 5.75 Å². The quantitative estimate of drug-likeness (QED) is 0.778. The molecule has 2 aromatic carbocycles. The predicted octanol–water partition coefficient (Wildman–Crippen LogP) is 2.99. The van der Waals surface area contributed by atoms with Crippen LogP contribution in [0.1, 0.15) is 24.5 Å². The number of morpholine rings is 1. The Morgan fingerprint density at radius 3 is 2.59 bits per heavy atom. The monoisotopic (exact) mass is 368 g/mol. The Labute approximate surface area is 161 Å². The van der Waals surface area contributed by atoms with Crippen molar-refractivity contribution >= 4 is 5.91 Å². The molecule has 1 amide bonds. The van der Waals surface area contributed by atoms with E-state index < -0.39 is 6.10 Å². The summed E-state index contributed by atoms with van der Waals surface area (Å²) >= 11 is 0. The highest BCUT2D eigenvalue weighted by Gasteiger charge is 2.18. The van der Waals surface area contributed by atoms with E-state index >= 15 is 0 Å². The van der Waals surface area contributed by atoms with Crippen LogP contribution in [0.25, 0.3) is 0 Å². The number of hydrogen-bond acceptors (Lipinski definition) is 4. The first-order chi connectivity index (χ1) is 13.2. The van der Waals surface area contributed by atoms with Crippen LogP contribution in [0.4, 0.5) is 0 Å². The van der Waals surface area contributed by atoms with Gasteiger partial charge in [-0.05, 0) is 29.7 Å². The number of benzene rings is 2. The summed E-state index contributed by atoms with van der Waals surface area (Å²) in [6.07, 6.45) is 0.140. The fourth-order valence-corrected chi connectivity index (χ4v) is 3.14. The molecule has 0 radical (unpaired) electrons. The number of carbonyl (C=O) groups excluding carboxylic acids is 1. The van der Waals surface area contributed by atoms with Crippen molar-refractivity contribution < 1.29 is 14.3 Å². The van der Waals surface area contributed by atoms with E-state index in [0.717, 1.165) is 38.4 Å². The van der Waals surface area contributed by atoms with Crippen molar-refractivity contribution in [3.63, 3.8) is 0 Å². The van der Waals surface area contributed by atoms with Gasteiger partial charge < -0.3 is 14.8 Å². The van der Waals surface area contributed by atoms with Crippen LogP contribution in [0.2, 0.25) is 0 Å². The van der Waals surface area contributed by atoms with E-state index in [1.165, 1.54) is 5.56 Å². The largest absolute Gasteiger partial charge is 0.481 e. The molecule has 1 fully saturated rings. The fraction of sp³-hybridized carbons (Fsp3) is 0.409. The average molecular weight is 368 g/mol. The van der Waals surface area contributed by atoms with E-state index in [2.05, 4.69) is 28.4 Å². The molecule has 0 aliphatic carbocycles. The normalized spacial score (nSPS) is 15.9. The molecule has 0 bridgehead atoms. The number of hydrogen-bond donors (Lipinski definition) is 1. The van der Waals surface area contributed by atoms with Crippen molar-refractivity contribution in [1.29, 1.82) is 0 Å². The molecule has 5 nitrogen and oxygen atoms in total. The lowest BCUT2D eigenvalue weighted by Gasteiger charge is -2.26. The van der Waals surface area contributed by atoms with Crippen molar-refractivity contribution in [1.82, 2.24) is 10.2 Å². The molecule has 144 valence electrons. The number of amides is 1. The molecule has 0 spiro atoms. The Bertz CT molecular complexity index is 715. The van der Waals surface area contributed by atoms with Crippen LogP contribution in [-0.4, -0.2) is 43.2 Å². The van der Waals surface area contributed by atoms with Gasteiger partial charge in [0, 0.05) is 26.2 Å². The van der Waals surface area contributed by atoms with Gasteiger partial charge in [-0.25, -0.2) is 0 Å². The SMILES string of the molecule is CCC(Oc1ccccc1)C(=O)NCc1cccc(CN2CCOCC2)c1. The summed E-state index contributed by atoms with van der Waals surface area (Å²) in [6.45, 7) is 6.91. The van der Waals surface area contributed by atoms with Gasteiger partial charge in [0.25, 0.3) is 5.91 Å². The zero-order chi connectivity index (χ0) is 18.9. The molecular formula is C22H28N2O3. The van der Waals surface area contributed by atoms with Gasteiger partial charge in [0.15, 0.2) is 6.10 Å². The number of para-hydroxylation sites is 1. The first-order valence-electron chi connectivity index (χ1n) is 9.62. The summed E-state index contributed by atoms with van der Waals surface area (Å²) in [7, 11) is 0. The van der Waals surface area contributed by atoms with Crippen molar-refractivity contribution in [3.05, 3.63) is 65.7 Å². The molecule has 1 heterocycles. The first kappa shape index (κ1) is 19.4. The molecule has 1 saturated heterocycles. The van der Waals surface area contributed by atoms with E-state index in [4.69, 9.17) is 9.47 Å². The summed E-state index contributed by atoms with van der Waals surface area (Å²) in [5, 5.41) is 3.00. The van der Waals surface area contributed by atoms with Gasteiger partial charge in [0.2, 0.25) is 0 Å². The summed E-state index contributed by atoms with van der Waals surface area (Å²) < 4.78 is 11.2. The Balaban J connectivity index is 1.52. The molecule has 1 atom stereocenters. The maximum absolute atomic E-state index is 12.5. The number of ether oxygens (including phenoxy) is 2. The van der Waals surface area contributed by atoms with Crippen molar-refractivity contribution in [3.8, 4) is 5.75 Å². The minimum Gasteiger partial charge on any atom is -0.481 e. The Kier molecular flexibility index (Phi) is 7.25. The Morgan fingerprint density at radius 2 is 1.85 bits per heavy atom. The first-order valence-corrected chi connectivity index (χ1v) is 9.62. The van der Waals surface area contributed by atoms with Crippen molar-refractivity contribution in [2.75, 3.05) is 26.3 Å². The van der Waals surface area contributed by atoms with Gasteiger partial charge in [0.05, 0.1) is 13.2 Å². The molecule has 0 saturated carbocycles. The molecule has 1 aliphatic rings. The topological polar surface area (TPSA) is 50.8 Å². The third kappa shape index (κ3) is 6.08. The zero-order valence-electron chi connectivity index (χ0n) is 15.9. The zero-order valence-corrected chi connectivity index (χ0v) is 15.9. The van der Waals surface area contributed by atoms with Crippen molar-refractivity contribution in [2.45, 2.75) is 32.5 Å². The second kappa shape index (κ2) is 10.1. The van der Waals surface area contributed by atoms with E-state index in [-0.39, 0.29) is 5.91 Å². The molecule has 3 rings (SSSR count).